The van der Waals surface area contributed by atoms with E-state index in [9.17, 15) is 12.8 Å². The van der Waals surface area contributed by atoms with E-state index in [1.165, 1.54) is 10.4 Å². The quantitative estimate of drug-likeness (QED) is 0.920. The summed E-state index contributed by atoms with van der Waals surface area (Å²) in [5.41, 5.74) is 5.75. The van der Waals surface area contributed by atoms with Gasteiger partial charge in [0.1, 0.15) is 5.82 Å². The van der Waals surface area contributed by atoms with Crippen LogP contribution in [0, 0.1) is 11.7 Å². The van der Waals surface area contributed by atoms with Gasteiger partial charge in [-0.1, -0.05) is 24.9 Å². The maximum atomic E-state index is 13.2. The lowest BCUT2D eigenvalue weighted by Crippen LogP contribution is -2.49. The molecule has 1 aromatic carbocycles. The highest BCUT2D eigenvalue weighted by atomic mass is 35.5. The van der Waals surface area contributed by atoms with Crippen molar-refractivity contribution in [2.75, 3.05) is 13.1 Å². The van der Waals surface area contributed by atoms with Crippen LogP contribution in [0.3, 0.4) is 0 Å². The Morgan fingerprint density at radius 2 is 2.19 bits per heavy atom. The third-order valence-corrected chi connectivity index (χ3v) is 6.35. The molecule has 21 heavy (non-hydrogen) atoms. The third-order valence-electron chi connectivity index (χ3n) is 4.12. The van der Waals surface area contributed by atoms with Crippen LogP contribution in [-0.2, 0) is 10.0 Å². The number of hydrogen-bond acceptors (Lipinski definition) is 3. The molecule has 4 nitrogen and oxygen atoms in total. The van der Waals surface area contributed by atoms with Crippen LogP contribution in [-0.4, -0.2) is 31.9 Å². The summed E-state index contributed by atoms with van der Waals surface area (Å²) in [6.45, 7) is 2.82. The van der Waals surface area contributed by atoms with Gasteiger partial charge in [-0.3, -0.25) is 0 Å². The fourth-order valence-electron chi connectivity index (χ4n) is 2.79. The summed E-state index contributed by atoms with van der Waals surface area (Å²) in [5.74, 6) is -0.127. The summed E-state index contributed by atoms with van der Waals surface area (Å²) in [5, 5.41) is -0.191. The van der Waals surface area contributed by atoms with E-state index in [2.05, 4.69) is 6.92 Å². The Labute approximate surface area is 130 Å². The van der Waals surface area contributed by atoms with E-state index in [1.54, 1.807) is 0 Å². The van der Waals surface area contributed by atoms with Crippen molar-refractivity contribution in [1.82, 2.24) is 4.31 Å². The van der Waals surface area contributed by atoms with Gasteiger partial charge in [-0.15, -0.1) is 0 Å². The zero-order valence-electron chi connectivity index (χ0n) is 11.9. The first-order valence-electron chi connectivity index (χ1n) is 7.07. The molecular formula is C14H20ClFN2O2S. The van der Waals surface area contributed by atoms with Crippen LogP contribution >= 0.6 is 11.6 Å². The minimum atomic E-state index is -3.69. The maximum absolute atomic E-state index is 13.2. The summed E-state index contributed by atoms with van der Waals surface area (Å²) >= 11 is 5.69. The SMILES string of the molecule is CCC1CCN(S(=O)(=O)c2ccc(F)c(Cl)c2)C(CN)C1. The average molecular weight is 335 g/mol. The van der Waals surface area contributed by atoms with Crippen LogP contribution < -0.4 is 5.73 Å². The molecule has 2 atom stereocenters. The van der Waals surface area contributed by atoms with E-state index in [4.69, 9.17) is 17.3 Å². The van der Waals surface area contributed by atoms with Crippen molar-refractivity contribution in [1.29, 1.82) is 0 Å². The Bertz CT molecular complexity index is 609. The van der Waals surface area contributed by atoms with E-state index in [1.807, 2.05) is 0 Å². The molecule has 2 unspecified atom stereocenters. The summed E-state index contributed by atoms with van der Waals surface area (Å²) in [6, 6.07) is 3.27. The molecule has 1 aliphatic rings. The lowest BCUT2D eigenvalue weighted by atomic mass is 9.90. The molecule has 0 bridgehead atoms. The smallest absolute Gasteiger partial charge is 0.243 e. The zero-order valence-corrected chi connectivity index (χ0v) is 13.5. The molecule has 0 amide bonds. The average Bonchev–Trinajstić information content (AvgIpc) is 2.49. The van der Waals surface area contributed by atoms with Gasteiger partial charge in [0.25, 0.3) is 0 Å². The Morgan fingerprint density at radius 3 is 2.76 bits per heavy atom. The molecule has 2 rings (SSSR count). The first-order chi connectivity index (χ1) is 9.90. The molecule has 0 radical (unpaired) electrons. The molecule has 1 aromatic rings. The van der Waals surface area contributed by atoms with Crippen molar-refractivity contribution in [3.63, 3.8) is 0 Å². The number of nitrogens with zero attached hydrogens (tertiary/aromatic N) is 1. The van der Waals surface area contributed by atoms with Crippen LogP contribution in [0.4, 0.5) is 4.39 Å². The molecule has 1 aliphatic heterocycles. The maximum Gasteiger partial charge on any atom is 0.243 e. The second kappa shape index (κ2) is 6.60. The first-order valence-corrected chi connectivity index (χ1v) is 8.89. The molecule has 118 valence electrons. The van der Waals surface area contributed by atoms with Crippen molar-refractivity contribution in [2.45, 2.75) is 37.1 Å². The fourth-order valence-corrected chi connectivity index (χ4v) is 4.72. The third kappa shape index (κ3) is 3.39. The highest BCUT2D eigenvalue weighted by molar-refractivity contribution is 7.89. The number of nitrogens with two attached hydrogens (primary N) is 1. The minimum Gasteiger partial charge on any atom is -0.329 e. The predicted molar refractivity (Wildman–Crippen MR) is 81.2 cm³/mol. The summed E-state index contributed by atoms with van der Waals surface area (Å²) in [4.78, 5) is 0.0160. The van der Waals surface area contributed by atoms with E-state index >= 15 is 0 Å². The number of rotatable bonds is 4. The molecule has 0 saturated carbocycles. The van der Waals surface area contributed by atoms with Crippen LogP contribution in [0.2, 0.25) is 5.02 Å². The highest BCUT2D eigenvalue weighted by Gasteiger charge is 2.35. The van der Waals surface area contributed by atoms with E-state index in [-0.39, 0.29) is 22.5 Å². The number of hydrogen-bond donors (Lipinski definition) is 1. The normalized spacial score (nSPS) is 24.2. The van der Waals surface area contributed by atoms with Crippen molar-refractivity contribution in [2.24, 2.45) is 11.7 Å². The van der Waals surface area contributed by atoms with Gasteiger partial charge in [-0.2, -0.15) is 4.31 Å². The van der Waals surface area contributed by atoms with Crippen molar-refractivity contribution in [3.8, 4) is 0 Å². The van der Waals surface area contributed by atoms with Crippen LogP contribution in [0.15, 0.2) is 23.1 Å². The van der Waals surface area contributed by atoms with Crippen molar-refractivity contribution in [3.05, 3.63) is 29.0 Å². The molecule has 2 N–H and O–H groups in total. The molecule has 1 heterocycles. The zero-order chi connectivity index (χ0) is 15.6. The summed E-state index contributed by atoms with van der Waals surface area (Å²) < 4.78 is 40.1. The number of sulfonamides is 1. The molecule has 1 fully saturated rings. The first kappa shape index (κ1) is 16.7. The van der Waals surface area contributed by atoms with Gasteiger partial charge in [0, 0.05) is 19.1 Å². The molecule has 0 aliphatic carbocycles. The van der Waals surface area contributed by atoms with Gasteiger partial charge in [0.05, 0.1) is 9.92 Å². The van der Waals surface area contributed by atoms with Gasteiger partial charge in [-0.05, 0) is 37.0 Å². The molecule has 0 aromatic heterocycles. The summed E-state index contributed by atoms with van der Waals surface area (Å²) in [6.07, 6.45) is 2.61. The predicted octanol–water partition coefficient (Wildman–Crippen LogP) is 2.62. The second-order valence-corrected chi connectivity index (χ2v) is 7.68. The van der Waals surface area contributed by atoms with E-state index in [0.717, 1.165) is 31.4 Å². The lowest BCUT2D eigenvalue weighted by molar-refractivity contribution is 0.197. The minimum absolute atomic E-state index is 0.0160. The van der Waals surface area contributed by atoms with Gasteiger partial charge >= 0.3 is 0 Å². The molecular weight excluding hydrogens is 315 g/mol. The largest absolute Gasteiger partial charge is 0.329 e. The van der Waals surface area contributed by atoms with E-state index < -0.39 is 15.8 Å². The molecule has 1 saturated heterocycles. The van der Waals surface area contributed by atoms with Gasteiger partial charge in [-0.25, -0.2) is 12.8 Å². The molecule has 7 heteroatoms. The summed E-state index contributed by atoms with van der Waals surface area (Å²) in [7, 11) is -3.69. The Kier molecular flexibility index (Phi) is 5.24. The van der Waals surface area contributed by atoms with Crippen LogP contribution in [0.1, 0.15) is 26.2 Å². The second-order valence-electron chi connectivity index (χ2n) is 5.38. The van der Waals surface area contributed by atoms with Crippen molar-refractivity contribution >= 4 is 21.6 Å². The Balaban J connectivity index is 2.31. The highest BCUT2D eigenvalue weighted by Crippen LogP contribution is 2.30. The van der Waals surface area contributed by atoms with Crippen LogP contribution in [0.25, 0.3) is 0 Å². The standard InChI is InChI=1S/C14H20ClFN2O2S/c1-2-10-5-6-18(11(7-10)9-17)21(19,20)12-3-4-14(16)13(15)8-12/h3-4,8,10-11H,2,5-7,9,17H2,1H3. The fraction of sp³-hybridized carbons (Fsp3) is 0.571. The van der Waals surface area contributed by atoms with Gasteiger partial charge in [0.2, 0.25) is 10.0 Å². The molecule has 0 spiro atoms. The lowest BCUT2D eigenvalue weighted by Gasteiger charge is -2.37. The topological polar surface area (TPSA) is 63.4 Å². The van der Waals surface area contributed by atoms with Gasteiger partial charge in [0.15, 0.2) is 0 Å². The van der Waals surface area contributed by atoms with Gasteiger partial charge < -0.3 is 5.73 Å². The Hall–Kier alpha value is -0.690. The number of benzene rings is 1. The number of piperidine rings is 1. The monoisotopic (exact) mass is 334 g/mol. The van der Waals surface area contributed by atoms with Crippen molar-refractivity contribution < 1.29 is 12.8 Å². The van der Waals surface area contributed by atoms with Crippen LogP contribution in [0.5, 0.6) is 0 Å². The Morgan fingerprint density at radius 1 is 1.48 bits per heavy atom. The van der Waals surface area contributed by atoms with E-state index in [0.29, 0.717) is 12.5 Å². The number of halogens is 2.